The Morgan fingerprint density at radius 2 is 2.35 bits per heavy atom. The zero-order chi connectivity index (χ0) is 12.4. The first-order valence-corrected chi connectivity index (χ1v) is 5.99. The average molecular weight is 251 g/mol. The van der Waals surface area contributed by atoms with Crippen LogP contribution in [0.2, 0.25) is 0 Å². The van der Waals surface area contributed by atoms with Crippen molar-refractivity contribution in [3.05, 3.63) is 17.7 Å². The summed E-state index contributed by atoms with van der Waals surface area (Å²) in [4.78, 5) is 16.1. The van der Waals surface area contributed by atoms with Gasteiger partial charge in [0.25, 0.3) is 5.91 Å². The van der Waals surface area contributed by atoms with Crippen LogP contribution < -0.4 is 15.8 Å². The smallest absolute Gasteiger partial charge is 0.252 e. The van der Waals surface area contributed by atoms with Crippen molar-refractivity contribution < 1.29 is 9.53 Å². The number of hydrogen-bond donors (Lipinski definition) is 2. The summed E-state index contributed by atoms with van der Waals surface area (Å²) in [5.41, 5.74) is 6.90. The second kappa shape index (κ2) is 4.58. The molecule has 5 nitrogen and oxygen atoms in total. The number of nitrogens with zero attached hydrogens (tertiary/aromatic N) is 1. The number of carbonyl (C=O) groups is 1. The van der Waals surface area contributed by atoms with Crippen LogP contribution in [0.3, 0.4) is 0 Å². The highest BCUT2D eigenvalue weighted by molar-refractivity contribution is 7.22. The Morgan fingerprint density at radius 3 is 3.00 bits per heavy atom. The van der Waals surface area contributed by atoms with Crippen molar-refractivity contribution in [1.29, 1.82) is 0 Å². The molecule has 0 radical (unpaired) electrons. The van der Waals surface area contributed by atoms with Crippen molar-refractivity contribution >= 4 is 32.6 Å². The van der Waals surface area contributed by atoms with Gasteiger partial charge in [-0.3, -0.25) is 4.79 Å². The van der Waals surface area contributed by atoms with Gasteiger partial charge >= 0.3 is 0 Å². The number of nitrogens with two attached hydrogens (primary N) is 1. The van der Waals surface area contributed by atoms with Crippen LogP contribution in [0, 0.1) is 0 Å². The van der Waals surface area contributed by atoms with E-state index >= 15 is 0 Å². The van der Waals surface area contributed by atoms with Gasteiger partial charge in [-0.2, -0.15) is 0 Å². The lowest BCUT2D eigenvalue weighted by molar-refractivity contribution is 0.0957. The zero-order valence-electron chi connectivity index (χ0n) is 9.61. The molecule has 2 rings (SSSR count). The number of nitrogen functional groups attached to an aromatic ring is 1. The van der Waals surface area contributed by atoms with Gasteiger partial charge in [0, 0.05) is 12.6 Å². The van der Waals surface area contributed by atoms with E-state index < -0.39 is 0 Å². The molecule has 0 saturated heterocycles. The lowest BCUT2D eigenvalue weighted by Gasteiger charge is -2.05. The van der Waals surface area contributed by atoms with Gasteiger partial charge in [0.2, 0.25) is 0 Å². The van der Waals surface area contributed by atoms with Gasteiger partial charge < -0.3 is 15.8 Å². The van der Waals surface area contributed by atoms with E-state index in [-0.39, 0.29) is 5.91 Å². The minimum absolute atomic E-state index is 0.139. The van der Waals surface area contributed by atoms with E-state index in [1.165, 1.54) is 11.3 Å². The molecule has 0 aliphatic heterocycles. The van der Waals surface area contributed by atoms with Crippen molar-refractivity contribution in [2.24, 2.45) is 0 Å². The third-order valence-corrected chi connectivity index (χ3v) is 3.23. The van der Waals surface area contributed by atoms with Crippen molar-refractivity contribution in [3.8, 4) is 5.75 Å². The molecule has 1 aromatic heterocycles. The fraction of sp³-hybridized carbons (Fsp3) is 0.273. The Balaban J connectivity index is 2.61. The fourth-order valence-corrected chi connectivity index (χ4v) is 2.39. The average Bonchev–Trinajstić information content (AvgIpc) is 2.67. The van der Waals surface area contributed by atoms with E-state index in [0.717, 1.165) is 4.70 Å². The molecule has 0 saturated carbocycles. The minimum Gasteiger partial charge on any atom is -0.497 e. The molecule has 0 spiro atoms. The Labute approximate surface area is 103 Å². The van der Waals surface area contributed by atoms with Gasteiger partial charge in [0.1, 0.15) is 5.75 Å². The number of rotatable bonds is 3. The van der Waals surface area contributed by atoms with Crippen LogP contribution in [-0.4, -0.2) is 24.5 Å². The van der Waals surface area contributed by atoms with Crippen LogP contribution in [0.4, 0.5) is 5.13 Å². The number of carbonyl (C=O) groups excluding carboxylic acids is 1. The summed E-state index contributed by atoms with van der Waals surface area (Å²) < 4.78 is 5.93. The maximum atomic E-state index is 11.9. The van der Waals surface area contributed by atoms with Crippen LogP contribution >= 0.6 is 11.3 Å². The standard InChI is InChI=1S/C11H13N3O2S/c1-3-13-10(15)7-4-6(16-2)5-8-9(7)17-11(12)14-8/h4-5H,3H2,1-2H3,(H2,12,14)(H,13,15). The van der Waals surface area contributed by atoms with E-state index in [1.807, 2.05) is 6.92 Å². The van der Waals surface area contributed by atoms with Gasteiger partial charge in [0.15, 0.2) is 5.13 Å². The summed E-state index contributed by atoms with van der Waals surface area (Å²) >= 11 is 1.30. The number of aromatic nitrogens is 1. The van der Waals surface area contributed by atoms with Crippen molar-refractivity contribution in [1.82, 2.24) is 10.3 Å². The van der Waals surface area contributed by atoms with Crippen molar-refractivity contribution in [2.75, 3.05) is 19.4 Å². The minimum atomic E-state index is -0.139. The first-order chi connectivity index (χ1) is 8.15. The van der Waals surface area contributed by atoms with E-state index in [2.05, 4.69) is 10.3 Å². The molecule has 3 N–H and O–H groups in total. The third-order valence-electron chi connectivity index (χ3n) is 2.30. The summed E-state index contributed by atoms with van der Waals surface area (Å²) in [5, 5.41) is 3.20. The molecule has 17 heavy (non-hydrogen) atoms. The third kappa shape index (κ3) is 2.16. The highest BCUT2D eigenvalue weighted by atomic mass is 32.1. The van der Waals surface area contributed by atoms with Crippen LogP contribution in [-0.2, 0) is 0 Å². The van der Waals surface area contributed by atoms with E-state index in [0.29, 0.717) is 28.5 Å². The number of ether oxygens (including phenoxy) is 1. The summed E-state index contributed by atoms with van der Waals surface area (Å²) in [7, 11) is 1.55. The highest BCUT2D eigenvalue weighted by Gasteiger charge is 2.15. The zero-order valence-corrected chi connectivity index (χ0v) is 10.4. The monoisotopic (exact) mass is 251 g/mol. The molecule has 2 aromatic rings. The van der Waals surface area contributed by atoms with Gasteiger partial charge in [-0.25, -0.2) is 4.98 Å². The Kier molecular flexibility index (Phi) is 3.14. The number of benzene rings is 1. The van der Waals surface area contributed by atoms with E-state index in [9.17, 15) is 4.79 Å². The van der Waals surface area contributed by atoms with Crippen LogP contribution in [0.5, 0.6) is 5.75 Å². The highest BCUT2D eigenvalue weighted by Crippen LogP contribution is 2.31. The molecule has 6 heteroatoms. The Bertz CT molecular complexity index is 565. The Morgan fingerprint density at radius 1 is 1.59 bits per heavy atom. The quantitative estimate of drug-likeness (QED) is 0.869. The first kappa shape index (κ1) is 11.7. The lowest BCUT2D eigenvalue weighted by Crippen LogP contribution is -2.22. The molecular formula is C11H13N3O2S. The van der Waals surface area contributed by atoms with Gasteiger partial charge in [-0.05, 0) is 13.0 Å². The molecule has 0 bridgehead atoms. The maximum Gasteiger partial charge on any atom is 0.252 e. The molecule has 0 atom stereocenters. The normalized spacial score (nSPS) is 10.5. The predicted molar refractivity (Wildman–Crippen MR) is 68.6 cm³/mol. The van der Waals surface area contributed by atoms with Crippen LogP contribution in [0.25, 0.3) is 10.2 Å². The van der Waals surface area contributed by atoms with Crippen molar-refractivity contribution in [2.45, 2.75) is 6.92 Å². The van der Waals surface area contributed by atoms with Gasteiger partial charge in [-0.15, -0.1) is 0 Å². The number of nitrogens with one attached hydrogen (secondary N) is 1. The first-order valence-electron chi connectivity index (χ1n) is 5.18. The predicted octanol–water partition coefficient (Wildman–Crippen LogP) is 1.64. The second-order valence-electron chi connectivity index (χ2n) is 3.43. The number of hydrogen-bond acceptors (Lipinski definition) is 5. The maximum absolute atomic E-state index is 11.9. The molecule has 0 aliphatic carbocycles. The molecule has 0 aliphatic rings. The Hall–Kier alpha value is -1.82. The molecule has 1 heterocycles. The fourth-order valence-electron chi connectivity index (χ4n) is 1.57. The number of fused-ring (bicyclic) bond motifs is 1. The number of amides is 1. The summed E-state index contributed by atoms with van der Waals surface area (Å²) in [5.74, 6) is 0.462. The van der Waals surface area contributed by atoms with Crippen molar-refractivity contribution in [3.63, 3.8) is 0 Å². The topological polar surface area (TPSA) is 77.2 Å². The van der Waals surface area contributed by atoms with E-state index in [1.54, 1.807) is 19.2 Å². The molecule has 0 unspecified atom stereocenters. The summed E-state index contributed by atoms with van der Waals surface area (Å²) in [6, 6.07) is 3.47. The molecular weight excluding hydrogens is 238 g/mol. The van der Waals surface area contributed by atoms with E-state index in [4.69, 9.17) is 10.5 Å². The largest absolute Gasteiger partial charge is 0.497 e. The number of thiazole rings is 1. The molecule has 0 fully saturated rings. The summed E-state index contributed by atoms with van der Waals surface area (Å²) in [6.45, 7) is 2.45. The molecule has 1 aromatic carbocycles. The van der Waals surface area contributed by atoms with Gasteiger partial charge in [0.05, 0.1) is 22.9 Å². The molecule has 1 amide bonds. The lowest BCUT2D eigenvalue weighted by atomic mass is 10.2. The number of methoxy groups -OCH3 is 1. The van der Waals surface area contributed by atoms with Crippen LogP contribution in [0.15, 0.2) is 12.1 Å². The SMILES string of the molecule is CCNC(=O)c1cc(OC)cc2nc(N)sc12. The molecule has 90 valence electrons. The van der Waals surface area contributed by atoms with Gasteiger partial charge in [-0.1, -0.05) is 11.3 Å². The van der Waals surface area contributed by atoms with Crippen LogP contribution in [0.1, 0.15) is 17.3 Å². The summed E-state index contributed by atoms with van der Waals surface area (Å²) in [6.07, 6.45) is 0. The second-order valence-corrected chi connectivity index (χ2v) is 4.47. The number of anilines is 1.